The van der Waals surface area contributed by atoms with Crippen LogP contribution in [0.25, 0.3) is 98.0 Å². The number of hydrogen-bond donors (Lipinski definition) is 0. The molecule has 0 saturated carbocycles. The highest BCUT2D eigenvalue weighted by atomic mass is 16.7. The van der Waals surface area contributed by atoms with Gasteiger partial charge in [0.1, 0.15) is 34.5 Å². The predicted molar refractivity (Wildman–Crippen MR) is 304 cm³/mol. The Balaban J connectivity index is 1.21. The molecule has 0 radical (unpaired) electrons. The second-order valence-corrected chi connectivity index (χ2v) is 20.0. The molecule has 74 heavy (non-hydrogen) atoms. The van der Waals surface area contributed by atoms with Gasteiger partial charge >= 0.3 is 14.6 Å². The number of fused-ring (bicyclic) bond motifs is 6. The first-order valence-corrected chi connectivity index (χ1v) is 25.3. The lowest BCUT2D eigenvalue weighted by molar-refractivity contribution is 0.300. The third-order valence-electron chi connectivity index (χ3n) is 15.2. The molecule has 354 valence electrons. The summed E-state index contributed by atoms with van der Waals surface area (Å²) < 4.78 is 46.2. The van der Waals surface area contributed by atoms with Crippen molar-refractivity contribution in [2.24, 2.45) is 0 Å². The molecule has 6 nitrogen and oxygen atoms in total. The van der Waals surface area contributed by atoms with E-state index in [0.29, 0.717) is 34.5 Å². The van der Waals surface area contributed by atoms with Crippen LogP contribution in [0.1, 0.15) is 33.4 Å². The molecule has 0 N–H and O–H groups in total. The van der Waals surface area contributed by atoms with Gasteiger partial charge in [0.05, 0.1) is 0 Å². The molecule has 2 bridgehead atoms. The standard InChI is InChI=1S/C66H48B2O6/c1-37-31-43-19-7-13-25-49(43)55-56-50-26-14-8-20-44(50)32-38(2)62(56)72-68-73-65-41(5)35-47-23-11-17-29-53(47)59(65)57-51-27-15-9-21-45(51)33-39(3)63(57)70-67(69-61(37)55)71-64-40(4)34-46-22-10-16-28-52(46)58(64)60-54-30-18-12-24-48(54)36-42(6)66(60)74-68/h7-36H,1-6H3. The molecule has 0 fully saturated rings. The van der Waals surface area contributed by atoms with Gasteiger partial charge in [-0.2, -0.15) is 0 Å². The predicted octanol–water partition coefficient (Wildman–Crippen LogP) is 17.1. The third kappa shape index (κ3) is 6.81. The van der Waals surface area contributed by atoms with Gasteiger partial charge in [0, 0.05) is 33.4 Å². The van der Waals surface area contributed by atoms with Gasteiger partial charge in [0.25, 0.3) is 0 Å². The van der Waals surface area contributed by atoms with Crippen LogP contribution in [0.15, 0.2) is 182 Å². The topological polar surface area (TPSA) is 55.4 Å². The van der Waals surface area contributed by atoms with Crippen molar-refractivity contribution in [2.45, 2.75) is 41.5 Å². The molecule has 0 unspecified atom stereocenters. The first-order valence-electron chi connectivity index (χ1n) is 25.3. The number of benzene rings is 12. The van der Waals surface area contributed by atoms with Crippen molar-refractivity contribution < 1.29 is 27.9 Å². The van der Waals surface area contributed by atoms with Crippen LogP contribution in [0.4, 0.5) is 0 Å². The zero-order valence-electron chi connectivity index (χ0n) is 41.9. The van der Waals surface area contributed by atoms with Crippen molar-refractivity contribution in [1.82, 2.24) is 0 Å². The summed E-state index contributed by atoms with van der Waals surface area (Å²) in [5.41, 5.74) is 10.3. The Morgan fingerprint density at radius 1 is 0.216 bits per heavy atom. The van der Waals surface area contributed by atoms with E-state index in [0.717, 1.165) is 131 Å². The fraction of sp³-hybridized carbons (Fsp3) is 0.0909. The van der Waals surface area contributed by atoms with Gasteiger partial charge in [-0.25, -0.2) is 0 Å². The molecule has 0 atom stereocenters. The molecule has 12 aromatic carbocycles. The lowest BCUT2D eigenvalue weighted by Gasteiger charge is -2.30. The number of hydrogen-bond acceptors (Lipinski definition) is 6. The van der Waals surface area contributed by atoms with E-state index in [1.54, 1.807) is 0 Å². The summed E-state index contributed by atoms with van der Waals surface area (Å²) in [6.07, 6.45) is 0. The average molecular weight is 959 g/mol. The van der Waals surface area contributed by atoms with E-state index < -0.39 is 14.6 Å². The third-order valence-corrected chi connectivity index (χ3v) is 15.2. The van der Waals surface area contributed by atoms with E-state index in [1.807, 2.05) is 0 Å². The van der Waals surface area contributed by atoms with Crippen molar-refractivity contribution in [3.8, 4) is 67.9 Å². The highest BCUT2D eigenvalue weighted by molar-refractivity contribution is 6.42. The first-order chi connectivity index (χ1) is 36.2. The number of rotatable bonds is 0. The average Bonchev–Trinajstić information content (AvgIpc) is 3.47. The van der Waals surface area contributed by atoms with Crippen LogP contribution in [-0.4, -0.2) is 14.6 Å². The second kappa shape index (κ2) is 16.9. The minimum absolute atomic E-state index is 0.588. The van der Waals surface area contributed by atoms with Gasteiger partial charge in [-0.1, -0.05) is 146 Å². The molecule has 0 saturated heterocycles. The van der Waals surface area contributed by atoms with Gasteiger partial charge in [-0.05, 0) is 176 Å². The van der Waals surface area contributed by atoms with E-state index in [1.165, 1.54) is 0 Å². The summed E-state index contributed by atoms with van der Waals surface area (Å²) in [7, 11) is -2.77. The fourth-order valence-corrected chi connectivity index (χ4v) is 11.9. The summed E-state index contributed by atoms with van der Waals surface area (Å²) in [6.45, 7) is 12.6. The Kier molecular flexibility index (Phi) is 10.00. The summed E-state index contributed by atoms with van der Waals surface area (Å²) in [6, 6.07) is 63.7. The van der Waals surface area contributed by atoms with Crippen molar-refractivity contribution in [3.05, 3.63) is 215 Å². The minimum atomic E-state index is -1.38. The van der Waals surface area contributed by atoms with Crippen LogP contribution < -0.4 is 27.9 Å². The zero-order valence-corrected chi connectivity index (χ0v) is 41.9. The smallest absolute Gasteiger partial charge is 0.489 e. The molecule has 12 aromatic rings. The Morgan fingerprint density at radius 3 is 0.527 bits per heavy atom. The Labute approximate surface area is 430 Å². The molecule has 0 spiro atoms. The largest absolute Gasteiger partial charge is 0.864 e. The van der Waals surface area contributed by atoms with Crippen molar-refractivity contribution in [1.29, 1.82) is 0 Å². The van der Waals surface area contributed by atoms with Gasteiger partial charge in [-0.3, -0.25) is 0 Å². The lowest BCUT2D eigenvalue weighted by Crippen LogP contribution is -2.39. The first kappa shape index (κ1) is 43.9. The van der Waals surface area contributed by atoms with E-state index >= 15 is 0 Å². The van der Waals surface area contributed by atoms with E-state index in [-0.39, 0.29) is 0 Å². The van der Waals surface area contributed by atoms with Crippen LogP contribution in [0.5, 0.6) is 34.5 Å². The summed E-state index contributed by atoms with van der Waals surface area (Å²) in [4.78, 5) is 0. The molecule has 15 rings (SSSR count). The van der Waals surface area contributed by atoms with Crippen molar-refractivity contribution in [2.75, 3.05) is 0 Å². The molecule has 3 aliphatic rings. The molecule has 0 aliphatic carbocycles. The van der Waals surface area contributed by atoms with Crippen LogP contribution in [0.2, 0.25) is 0 Å². The summed E-state index contributed by atoms with van der Waals surface area (Å²) in [5.74, 6) is 3.53. The number of aryl methyl sites for hydroxylation is 6. The molecular formula is C66H48B2O6. The normalized spacial score (nSPS) is 13.1. The summed E-state index contributed by atoms with van der Waals surface area (Å²) in [5, 5.41) is 12.1. The van der Waals surface area contributed by atoms with Gasteiger partial charge in [-0.15, -0.1) is 0 Å². The van der Waals surface area contributed by atoms with Crippen LogP contribution in [0.3, 0.4) is 0 Å². The Hall–Kier alpha value is -8.87. The summed E-state index contributed by atoms with van der Waals surface area (Å²) >= 11 is 0. The van der Waals surface area contributed by atoms with Crippen molar-refractivity contribution >= 4 is 79.3 Å². The van der Waals surface area contributed by atoms with E-state index in [9.17, 15) is 0 Å². The van der Waals surface area contributed by atoms with Gasteiger partial charge in [0.15, 0.2) is 0 Å². The Morgan fingerprint density at radius 2 is 0.365 bits per heavy atom. The van der Waals surface area contributed by atoms with E-state index in [2.05, 4.69) is 224 Å². The van der Waals surface area contributed by atoms with Gasteiger partial charge in [0.2, 0.25) is 0 Å². The van der Waals surface area contributed by atoms with Crippen LogP contribution in [-0.2, 0) is 0 Å². The van der Waals surface area contributed by atoms with Gasteiger partial charge < -0.3 is 27.9 Å². The fourth-order valence-electron chi connectivity index (χ4n) is 11.9. The maximum absolute atomic E-state index is 7.70. The molecule has 0 aromatic heterocycles. The molecule has 3 heterocycles. The second-order valence-electron chi connectivity index (χ2n) is 20.0. The van der Waals surface area contributed by atoms with Crippen molar-refractivity contribution in [3.63, 3.8) is 0 Å². The highest BCUT2D eigenvalue weighted by Crippen LogP contribution is 2.54. The molecule has 8 heteroatoms. The Bertz CT molecular complexity index is 3650. The zero-order chi connectivity index (χ0) is 49.9. The highest BCUT2D eigenvalue weighted by Gasteiger charge is 2.42. The van der Waals surface area contributed by atoms with Crippen LogP contribution >= 0.6 is 0 Å². The molecule has 0 amide bonds. The maximum Gasteiger partial charge on any atom is 0.864 e. The van der Waals surface area contributed by atoms with E-state index in [4.69, 9.17) is 27.9 Å². The van der Waals surface area contributed by atoms with Crippen LogP contribution in [0, 0.1) is 41.5 Å². The lowest BCUT2D eigenvalue weighted by atomic mass is 9.87. The minimum Gasteiger partial charge on any atom is -0.489 e. The quantitative estimate of drug-likeness (QED) is 0.141. The molecule has 3 aliphatic heterocycles. The molecular weight excluding hydrogens is 910 g/mol. The maximum atomic E-state index is 7.70. The monoisotopic (exact) mass is 958 g/mol. The SMILES string of the molecule is Cc1cc2ccccc2c2c1OB1Oc3c(C)cc4ccccc4c3-c3c(c(C)cc4ccccc34)OB(Oc3c(C)cc4ccccc4c3-2)Oc2c(C)cc3ccccc3c2-c2c(c(C)cc3ccccc23)O1.